The minimum Gasteiger partial charge on any atom is -0.395 e. The third-order valence-electron chi connectivity index (χ3n) is 3.85. The van der Waals surface area contributed by atoms with Gasteiger partial charge in [-0.15, -0.1) is 0 Å². The highest BCUT2D eigenvalue weighted by molar-refractivity contribution is 5.94. The lowest BCUT2D eigenvalue weighted by molar-refractivity contribution is -0.141. The number of hydrogen-bond donors (Lipinski definition) is 1. The monoisotopic (exact) mass is 339 g/mol. The van der Waals surface area contributed by atoms with Crippen molar-refractivity contribution >= 4 is 5.91 Å². The van der Waals surface area contributed by atoms with E-state index >= 15 is 0 Å². The molecular formula is C16H16F3N3O2. The molecule has 128 valence electrons. The predicted octanol–water partition coefficient (Wildman–Crippen LogP) is 2.49. The van der Waals surface area contributed by atoms with Crippen LogP contribution in [0, 0.1) is 0 Å². The first-order valence-electron chi connectivity index (χ1n) is 7.55. The number of carbonyl (C=O) groups excluding carboxylic acids is 1. The van der Waals surface area contributed by atoms with Crippen LogP contribution in [-0.4, -0.2) is 44.9 Å². The van der Waals surface area contributed by atoms with E-state index in [4.69, 9.17) is 5.11 Å². The summed E-state index contributed by atoms with van der Waals surface area (Å²) in [7, 11) is 0. The Hall–Kier alpha value is -2.35. The number of aliphatic hydroxyl groups is 1. The Kier molecular flexibility index (Phi) is 4.31. The highest BCUT2D eigenvalue weighted by Crippen LogP contribution is 2.29. The maximum absolute atomic E-state index is 12.6. The van der Waals surface area contributed by atoms with Crippen LogP contribution in [0.3, 0.4) is 0 Å². The summed E-state index contributed by atoms with van der Waals surface area (Å²) in [5, 5.41) is 12.6. The molecule has 8 heteroatoms. The zero-order chi connectivity index (χ0) is 17.3. The fourth-order valence-corrected chi connectivity index (χ4v) is 2.49. The van der Waals surface area contributed by atoms with Gasteiger partial charge in [-0.05, 0) is 43.2 Å². The zero-order valence-corrected chi connectivity index (χ0v) is 12.7. The summed E-state index contributed by atoms with van der Waals surface area (Å²) in [6.07, 6.45) is -1.41. The smallest absolute Gasteiger partial charge is 0.395 e. The molecule has 0 atom stereocenters. The molecule has 1 N–H and O–H groups in total. The van der Waals surface area contributed by atoms with Crippen molar-refractivity contribution in [1.29, 1.82) is 0 Å². The van der Waals surface area contributed by atoms with Gasteiger partial charge in [0.1, 0.15) is 0 Å². The van der Waals surface area contributed by atoms with Crippen LogP contribution in [0.2, 0.25) is 0 Å². The van der Waals surface area contributed by atoms with Crippen LogP contribution in [0.4, 0.5) is 13.2 Å². The lowest BCUT2D eigenvalue weighted by atomic mass is 10.1. The van der Waals surface area contributed by atoms with Gasteiger partial charge in [-0.3, -0.25) is 4.79 Å². The number of rotatable bonds is 5. The number of amides is 1. The lowest BCUT2D eigenvalue weighted by Gasteiger charge is -2.21. The van der Waals surface area contributed by atoms with Gasteiger partial charge in [0, 0.05) is 24.3 Å². The summed E-state index contributed by atoms with van der Waals surface area (Å²) in [4.78, 5) is 14.1. The van der Waals surface area contributed by atoms with Crippen LogP contribution in [0.5, 0.6) is 0 Å². The average molecular weight is 339 g/mol. The molecular weight excluding hydrogens is 323 g/mol. The van der Waals surface area contributed by atoms with Gasteiger partial charge in [-0.2, -0.15) is 18.3 Å². The van der Waals surface area contributed by atoms with Crippen LogP contribution < -0.4 is 0 Å². The number of hydrogen-bond acceptors (Lipinski definition) is 3. The Morgan fingerprint density at radius 1 is 1.25 bits per heavy atom. The predicted molar refractivity (Wildman–Crippen MR) is 79.7 cm³/mol. The number of benzene rings is 1. The number of nitrogens with zero attached hydrogens (tertiary/aromatic N) is 3. The van der Waals surface area contributed by atoms with Crippen molar-refractivity contribution in [1.82, 2.24) is 14.7 Å². The molecule has 1 aromatic heterocycles. The van der Waals surface area contributed by atoms with E-state index in [1.807, 2.05) is 0 Å². The number of aliphatic hydroxyl groups excluding tert-OH is 1. The molecule has 1 fully saturated rings. The first-order valence-corrected chi connectivity index (χ1v) is 7.55. The first kappa shape index (κ1) is 16.5. The molecule has 1 saturated carbocycles. The molecule has 1 aliphatic rings. The Balaban J connectivity index is 1.77. The van der Waals surface area contributed by atoms with Crippen molar-refractivity contribution in [2.75, 3.05) is 13.2 Å². The summed E-state index contributed by atoms with van der Waals surface area (Å²) < 4.78 is 38.9. The van der Waals surface area contributed by atoms with E-state index in [2.05, 4.69) is 5.10 Å². The summed E-state index contributed by atoms with van der Waals surface area (Å²) in [5.41, 5.74) is -0.102. The van der Waals surface area contributed by atoms with E-state index in [-0.39, 0.29) is 25.1 Å². The highest BCUT2D eigenvalue weighted by Gasteiger charge is 2.34. The molecule has 1 amide bonds. The summed E-state index contributed by atoms with van der Waals surface area (Å²) >= 11 is 0. The van der Waals surface area contributed by atoms with Crippen molar-refractivity contribution in [3.05, 3.63) is 47.8 Å². The molecule has 1 aliphatic carbocycles. The van der Waals surface area contributed by atoms with Crippen LogP contribution in [-0.2, 0) is 6.18 Å². The standard InChI is InChI=1S/C16H16F3N3O2/c17-16(18,19)14-7-8-22(20-14)13-3-1-11(2-4-13)15(24)21(9-10-23)12-5-6-12/h1-4,7-8,12,23H,5-6,9-10H2. The van der Waals surface area contributed by atoms with Crippen molar-refractivity contribution in [3.8, 4) is 5.69 Å². The van der Waals surface area contributed by atoms with Gasteiger partial charge in [-0.1, -0.05) is 0 Å². The van der Waals surface area contributed by atoms with Crippen molar-refractivity contribution in [2.45, 2.75) is 25.1 Å². The van der Waals surface area contributed by atoms with Gasteiger partial charge in [0.2, 0.25) is 0 Å². The molecule has 3 rings (SSSR count). The third-order valence-corrected chi connectivity index (χ3v) is 3.85. The molecule has 24 heavy (non-hydrogen) atoms. The lowest BCUT2D eigenvalue weighted by Crippen LogP contribution is -2.35. The van der Waals surface area contributed by atoms with E-state index in [1.54, 1.807) is 29.2 Å². The van der Waals surface area contributed by atoms with E-state index in [1.165, 1.54) is 6.20 Å². The van der Waals surface area contributed by atoms with Gasteiger partial charge >= 0.3 is 6.18 Å². The van der Waals surface area contributed by atoms with Gasteiger partial charge < -0.3 is 10.0 Å². The minimum absolute atomic E-state index is 0.103. The molecule has 0 spiro atoms. The number of halogens is 3. The quantitative estimate of drug-likeness (QED) is 0.910. The molecule has 0 unspecified atom stereocenters. The minimum atomic E-state index is -4.49. The average Bonchev–Trinajstić information content (AvgIpc) is 3.26. The first-order chi connectivity index (χ1) is 11.4. The molecule has 0 bridgehead atoms. The highest BCUT2D eigenvalue weighted by atomic mass is 19.4. The van der Waals surface area contributed by atoms with E-state index < -0.39 is 11.9 Å². The largest absolute Gasteiger partial charge is 0.435 e. The van der Waals surface area contributed by atoms with E-state index in [0.717, 1.165) is 23.6 Å². The Morgan fingerprint density at radius 3 is 2.42 bits per heavy atom. The number of aromatic nitrogens is 2. The molecule has 0 radical (unpaired) electrons. The Bertz CT molecular complexity index is 721. The number of alkyl halides is 3. The molecule has 0 aliphatic heterocycles. The Morgan fingerprint density at radius 2 is 1.92 bits per heavy atom. The topological polar surface area (TPSA) is 58.4 Å². The van der Waals surface area contributed by atoms with Crippen LogP contribution in [0.1, 0.15) is 28.9 Å². The second-order valence-corrected chi connectivity index (χ2v) is 5.64. The van der Waals surface area contributed by atoms with Gasteiger partial charge in [-0.25, -0.2) is 4.68 Å². The molecule has 0 saturated heterocycles. The molecule has 1 aromatic carbocycles. The van der Waals surface area contributed by atoms with Crippen LogP contribution in [0.25, 0.3) is 5.69 Å². The maximum Gasteiger partial charge on any atom is 0.435 e. The molecule has 1 heterocycles. The Labute approximate surface area is 136 Å². The summed E-state index contributed by atoms with van der Waals surface area (Å²) in [6, 6.07) is 7.27. The molecule has 5 nitrogen and oxygen atoms in total. The van der Waals surface area contributed by atoms with Gasteiger partial charge in [0.05, 0.1) is 12.3 Å². The fraction of sp³-hybridized carbons (Fsp3) is 0.375. The second kappa shape index (κ2) is 6.27. The van der Waals surface area contributed by atoms with Gasteiger partial charge in [0.15, 0.2) is 5.69 Å². The SMILES string of the molecule is O=C(c1ccc(-n2ccc(C(F)(F)F)n2)cc1)N(CCO)C1CC1. The zero-order valence-electron chi connectivity index (χ0n) is 12.7. The van der Waals surface area contributed by atoms with Crippen molar-refractivity contribution in [2.24, 2.45) is 0 Å². The summed E-state index contributed by atoms with van der Waals surface area (Å²) in [6.45, 7) is 0.174. The van der Waals surface area contributed by atoms with Crippen LogP contribution >= 0.6 is 0 Å². The van der Waals surface area contributed by atoms with Crippen LogP contribution in [0.15, 0.2) is 36.5 Å². The number of carbonyl (C=O) groups is 1. The maximum atomic E-state index is 12.6. The second-order valence-electron chi connectivity index (χ2n) is 5.64. The molecule has 2 aromatic rings. The third kappa shape index (κ3) is 3.43. The van der Waals surface area contributed by atoms with Crippen molar-refractivity contribution < 1.29 is 23.1 Å². The summed E-state index contributed by atoms with van der Waals surface area (Å²) in [5.74, 6) is -0.186. The normalized spacial score (nSPS) is 14.7. The van der Waals surface area contributed by atoms with Gasteiger partial charge in [0.25, 0.3) is 5.91 Å². The van der Waals surface area contributed by atoms with Crippen molar-refractivity contribution in [3.63, 3.8) is 0 Å². The fourth-order valence-electron chi connectivity index (χ4n) is 2.49. The van der Waals surface area contributed by atoms with E-state index in [0.29, 0.717) is 11.3 Å². The van der Waals surface area contributed by atoms with E-state index in [9.17, 15) is 18.0 Å².